The summed E-state index contributed by atoms with van der Waals surface area (Å²) in [6.07, 6.45) is 2.56. The summed E-state index contributed by atoms with van der Waals surface area (Å²) in [5, 5.41) is 2.70. The Morgan fingerprint density at radius 3 is 2.54 bits per heavy atom. The highest BCUT2D eigenvalue weighted by molar-refractivity contribution is 5.91. The lowest BCUT2D eigenvalue weighted by Crippen LogP contribution is -2.14. The molecule has 0 fully saturated rings. The van der Waals surface area contributed by atoms with Crippen molar-refractivity contribution in [2.75, 3.05) is 11.9 Å². The highest BCUT2D eigenvalue weighted by Crippen LogP contribution is 2.09. The number of hydrogen-bond donors (Lipinski definition) is 1. The third kappa shape index (κ3) is 7.03. The van der Waals surface area contributed by atoms with Gasteiger partial charge in [0.05, 0.1) is 11.7 Å². The molecule has 0 atom stereocenters. The third-order valence-electron chi connectivity index (χ3n) is 3.48. The van der Waals surface area contributed by atoms with E-state index in [4.69, 9.17) is 9.47 Å². The number of aromatic nitrogens is 1. The van der Waals surface area contributed by atoms with E-state index in [0.29, 0.717) is 30.8 Å². The van der Waals surface area contributed by atoms with Gasteiger partial charge in [-0.2, -0.15) is 0 Å². The first-order valence-electron chi connectivity index (χ1n) is 8.63. The fourth-order valence-electron chi connectivity index (χ4n) is 2.15. The first-order chi connectivity index (χ1) is 12.5. The molecule has 2 aromatic rings. The predicted molar refractivity (Wildman–Crippen MR) is 98.8 cm³/mol. The zero-order valence-electron chi connectivity index (χ0n) is 15.1. The van der Waals surface area contributed by atoms with Crippen molar-refractivity contribution < 1.29 is 19.1 Å². The molecule has 1 N–H and O–H groups in total. The lowest BCUT2D eigenvalue weighted by atomic mass is 10.2. The van der Waals surface area contributed by atoms with Crippen molar-refractivity contribution in [3.63, 3.8) is 0 Å². The minimum absolute atomic E-state index is 0.135. The Hall–Kier alpha value is -2.73. The molecule has 138 valence electrons. The van der Waals surface area contributed by atoms with Crippen molar-refractivity contribution in [1.29, 1.82) is 0 Å². The molecule has 0 bridgehead atoms. The summed E-state index contributed by atoms with van der Waals surface area (Å²) in [6, 6.07) is 12.6. The van der Waals surface area contributed by atoms with E-state index in [1.807, 2.05) is 44.2 Å². The van der Waals surface area contributed by atoms with Gasteiger partial charge in [-0.15, -0.1) is 0 Å². The van der Waals surface area contributed by atoms with E-state index in [9.17, 15) is 9.59 Å². The van der Waals surface area contributed by atoms with Crippen molar-refractivity contribution >= 4 is 17.7 Å². The molecular weight excluding hydrogens is 332 g/mol. The Morgan fingerprint density at radius 2 is 1.88 bits per heavy atom. The molecule has 0 saturated heterocycles. The molecule has 0 unspecified atom stereocenters. The Kier molecular flexibility index (Phi) is 7.76. The molecule has 0 saturated carbocycles. The number of amides is 1. The van der Waals surface area contributed by atoms with Crippen molar-refractivity contribution in [2.24, 2.45) is 0 Å². The molecule has 0 spiro atoms. The molecular formula is C20H24N2O4. The smallest absolute Gasteiger partial charge is 0.340 e. The van der Waals surface area contributed by atoms with Gasteiger partial charge in [0.2, 0.25) is 5.91 Å². The molecule has 1 aromatic carbocycles. The monoisotopic (exact) mass is 356 g/mol. The van der Waals surface area contributed by atoms with Gasteiger partial charge in [-0.05, 0) is 38.0 Å². The fraction of sp³-hybridized carbons (Fsp3) is 0.350. The lowest BCUT2D eigenvalue weighted by molar-refractivity contribution is -0.116. The van der Waals surface area contributed by atoms with Gasteiger partial charge in [-0.25, -0.2) is 9.78 Å². The molecule has 0 aliphatic carbocycles. The van der Waals surface area contributed by atoms with E-state index in [1.54, 1.807) is 12.1 Å². The van der Waals surface area contributed by atoms with Crippen LogP contribution in [0, 0.1) is 0 Å². The molecule has 6 heteroatoms. The van der Waals surface area contributed by atoms with Gasteiger partial charge in [0.25, 0.3) is 0 Å². The van der Waals surface area contributed by atoms with Gasteiger partial charge >= 0.3 is 5.97 Å². The zero-order chi connectivity index (χ0) is 18.8. The molecule has 26 heavy (non-hydrogen) atoms. The average molecular weight is 356 g/mol. The number of ether oxygens (including phenoxy) is 2. The molecule has 0 aliphatic heterocycles. The van der Waals surface area contributed by atoms with Crippen LogP contribution < -0.4 is 5.32 Å². The van der Waals surface area contributed by atoms with Crippen molar-refractivity contribution in [3.05, 3.63) is 59.8 Å². The van der Waals surface area contributed by atoms with Crippen LogP contribution in [0.1, 0.15) is 42.6 Å². The average Bonchev–Trinajstić information content (AvgIpc) is 2.64. The number of benzene rings is 1. The summed E-state index contributed by atoms with van der Waals surface area (Å²) in [7, 11) is 0. The van der Waals surface area contributed by atoms with E-state index in [1.165, 1.54) is 6.20 Å². The minimum atomic E-state index is -0.454. The Morgan fingerprint density at radius 1 is 1.12 bits per heavy atom. The standard InChI is InChI=1S/C20H24N2O4/c1-15(2)25-12-6-9-19(23)22-18-11-10-17(13-21-18)20(24)26-14-16-7-4-3-5-8-16/h3-5,7-8,10-11,13,15H,6,9,12,14H2,1-2H3,(H,21,22,23). The van der Waals surface area contributed by atoms with E-state index in [-0.39, 0.29) is 18.6 Å². The van der Waals surface area contributed by atoms with E-state index >= 15 is 0 Å². The number of rotatable bonds is 9. The van der Waals surface area contributed by atoms with Crippen molar-refractivity contribution in [2.45, 2.75) is 39.4 Å². The zero-order valence-corrected chi connectivity index (χ0v) is 15.1. The van der Waals surface area contributed by atoms with Crippen LogP contribution in [0.2, 0.25) is 0 Å². The van der Waals surface area contributed by atoms with Gasteiger partial charge in [0.1, 0.15) is 12.4 Å². The number of hydrogen-bond acceptors (Lipinski definition) is 5. The predicted octanol–water partition coefficient (Wildman–Crippen LogP) is 3.58. The van der Waals surface area contributed by atoms with Crippen LogP contribution in [0.15, 0.2) is 48.7 Å². The van der Waals surface area contributed by atoms with Crippen LogP contribution in [0.4, 0.5) is 5.82 Å². The Bertz CT molecular complexity index is 700. The molecule has 1 aromatic heterocycles. The second-order valence-electron chi connectivity index (χ2n) is 6.07. The lowest BCUT2D eigenvalue weighted by Gasteiger charge is -2.08. The van der Waals surface area contributed by atoms with Crippen molar-refractivity contribution in [3.8, 4) is 0 Å². The largest absolute Gasteiger partial charge is 0.457 e. The second kappa shape index (κ2) is 10.3. The van der Waals surface area contributed by atoms with Crippen LogP contribution in [0.25, 0.3) is 0 Å². The summed E-state index contributed by atoms with van der Waals surface area (Å²) >= 11 is 0. The van der Waals surface area contributed by atoms with Crippen LogP contribution in [-0.4, -0.2) is 29.6 Å². The van der Waals surface area contributed by atoms with Gasteiger partial charge in [-0.3, -0.25) is 4.79 Å². The second-order valence-corrected chi connectivity index (χ2v) is 6.07. The van der Waals surface area contributed by atoms with Crippen LogP contribution in [0.3, 0.4) is 0 Å². The number of nitrogens with one attached hydrogen (secondary N) is 1. The van der Waals surface area contributed by atoms with Crippen LogP contribution >= 0.6 is 0 Å². The topological polar surface area (TPSA) is 77.5 Å². The Balaban J connectivity index is 1.76. The van der Waals surface area contributed by atoms with E-state index < -0.39 is 5.97 Å². The normalized spacial score (nSPS) is 10.6. The van der Waals surface area contributed by atoms with Crippen molar-refractivity contribution in [1.82, 2.24) is 4.98 Å². The number of pyridine rings is 1. The van der Waals surface area contributed by atoms with Gasteiger partial charge in [0.15, 0.2) is 0 Å². The SMILES string of the molecule is CC(C)OCCCC(=O)Nc1ccc(C(=O)OCc2ccccc2)cn1. The fourth-order valence-corrected chi connectivity index (χ4v) is 2.15. The van der Waals surface area contributed by atoms with Crippen LogP contribution in [0.5, 0.6) is 0 Å². The number of carbonyl (C=O) groups is 2. The molecule has 0 aliphatic rings. The number of nitrogens with zero attached hydrogens (tertiary/aromatic N) is 1. The number of anilines is 1. The highest BCUT2D eigenvalue weighted by atomic mass is 16.5. The Labute approximate surface area is 153 Å². The molecule has 1 amide bonds. The highest BCUT2D eigenvalue weighted by Gasteiger charge is 2.09. The number of carbonyl (C=O) groups excluding carboxylic acids is 2. The first-order valence-corrected chi connectivity index (χ1v) is 8.63. The van der Waals surface area contributed by atoms with Gasteiger partial charge in [-0.1, -0.05) is 30.3 Å². The van der Waals surface area contributed by atoms with E-state index in [2.05, 4.69) is 10.3 Å². The quantitative estimate of drug-likeness (QED) is 0.549. The molecule has 2 rings (SSSR count). The van der Waals surface area contributed by atoms with Crippen LogP contribution in [-0.2, 0) is 20.9 Å². The van der Waals surface area contributed by atoms with E-state index in [0.717, 1.165) is 5.56 Å². The molecule has 6 nitrogen and oxygen atoms in total. The summed E-state index contributed by atoms with van der Waals surface area (Å²) in [6.45, 7) is 4.66. The van der Waals surface area contributed by atoms with Gasteiger partial charge < -0.3 is 14.8 Å². The summed E-state index contributed by atoms with van der Waals surface area (Å²) in [4.78, 5) is 27.9. The van der Waals surface area contributed by atoms with Gasteiger partial charge in [0, 0.05) is 19.2 Å². The third-order valence-corrected chi connectivity index (χ3v) is 3.48. The maximum atomic E-state index is 12.0. The number of esters is 1. The summed E-state index contributed by atoms with van der Waals surface area (Å²) < 4.78 is 10.6. The maximum Gasteiger partial charge on any atom is 0.340 e. The molecule has 1 heterocycles. The summed E-state index contributed by atoms with van der Waals surface area (Å²) in [5.74, 6) is -0.186. The minimum Gasteiger partial charge on any atom is -0.457 e. The summed E-state index contributed by atoms with van der Waals surface area (Å²) in [5.41, 5.74) is 1.25. The maximum absolute atomic E-state index is 12.0. The first kappa shape index (κ1) is 19.6. The molecule has 0 radical (unpaired) electrons.